The molecule has 3 fully saturated rings. The molecule has 0 radical (unpaired) electrons. The number of imidazole rings is 2. The lowest BCUT2D eigenvalue weighted by molar-refractivity contribution is -0.138. The fourth-order valence-electron chi connectivity index (χ4n) is 10.4. The number of carbonyl (C=O) groups excluding carboxylic acids is 3. The van der Waals surface area contributed by atoms with Crippen molar-refractivity contribution in [2.24, 2.45) is 17.8 Å². The number of nitrogens with zero attached hydrogens (tertiary/aromatic N) is 4. The fraction of sp³-hybridized carbons (Fsp3) is 0.511. The van der Waals surface area contributed by atoms with Crippen LogP contribution in [0.15, 0.2) is 48.7 Å². The van der Waals surface area contributed by atoms with Crippen molar-refractivity contribution in [3.05, 3.63) is 65.9 Å². The predicted molar refractivity (Wildman–Crippen MR) is 229 cm³/mol. The molecule has 3 amide bonds. The second-order valence-corrected chi connectivity index (χ2v) is 18.3. The van der Waals surface area contributed by atoms with Gasteiger partial charge in [-0.05, 0) is 117 Å². The Balaban J connectivity index is 0.980. The van der Waals surface area contributed by atoms with Gasteiger partial charge >= 0.3 is 6.09 Å². The summed E-state index contributed by atoms with van der Waals surface area (Å²) >= 11 is 0. The van der Waals surface area contributed by atoms with Crippen LogP contribution in [-0.2, 0) is 25.7 Å². The van der Waals surface area contributed by atoms with Gasteiger partial charge in [-0.2, -0.15) is 0 Å². The highest BCUT2D eigenvalue weighted by Crippen LogP contribution is 2.44. The Morgan fingerprint density at radius 3 is 2.50 bits per heavy atom. The number of carbonyl (C=O) groups is 3. The summed E-state index contributed by atoms with van der Waals surface area (Å²) in [5, 5.41) is 4.91. The maximum atomic E-state index is 14.5. The van der Waals surface area contributed by atoms with Gasteiger partial charge < -0.3 is 39.3 Å². The monoisotopic (exact) mass is 815 g/mol. The topological polar surface area (TPSA) is 155 Å². The number of hydrogen-bond donors (Lipinski definition) is 3. The van der Waals surface area contributed by atoms with Crippen LogP contribution in [0.5, 0.6) is 5.75 Å². The Morgan fingerprint density at radius 1 is 0.933 bits per heavy atom. The molecule has 3 saturated heterocycles. The summed E-state index contributed by atoms with van der Waals surface area (Å²) in [6.45, 7) is 13.5. The molecule has 3 N–H and O–H groups in total. The van der Waals surface area contributed by atoms with Crippen LogP contribution in [-0.4, -0.2) is 85.6 Å². The van der Waals surface area contributed by atoms with Gasteiger partial charge in [0.25, 0.3) is 0 Å². The molecule has 0 saturated carbocycles. The standard InChI is InChI=1S/C47H57N7O6/c1-24(2)14-41(55)54-26(4)8-13-38(54)44-48-21-37(50-44)30-9-11-33-32(18-30)23-59-40-20-34-29(19-35(33)40)10-12-36-43(34)51-45(49-36)39-15-25(3)22-53(39)46(56)42(52-47(57)58-7)31-16-27(5)60-28(6)17-31/h9-12,18-21,24-28,31,38-39,42H,8,13-17,22-23H2,1-7H3,(H,48,50)(H,49,51)(H,52,57)/t25-,26-,27+,28+,38-,39-,42-/m0/s1. The predicted octanol–water partition coefficient (Wildman–Crippen LogP) is 8.60. The van der Waals surface area contributed by atoms with Crippen LogP contribution in [0.2, 0.25) is 0 Å². The molecule has 0 spiro atoms. The largest absolute Gasteiger partial charge is 0.488 e. The van der Waals surface area contributed by atoms with Gasteiger partial charge in [0.1, 0.15) is 30.0 Å². The summed E-state index contributed by atoms with van der Waals surface area (Å²) in [4.78, 5) is 61.3. The zero-order chi connectivity index (χ0) is 42.0. The van der Waals surface area contributed by atoms with E-state index in [1.165, 1.54) is 7.11 Å². The van der Waals surface area contributed by atoms with Gasteiger partial charge in [0.15, 0.2) is 0 Å². The van der Waals surface area contributed by atoms with Crippen LogP contribution in [0, 0.1) is 17.8 Å². The van der Waals surface area contributed by atoms with Crippen molar-refractivity contribution < 1.29 is 28.6 Å². The highest BCUT2D eigenvalue weighted by Gasteiger charge is 2.44. The number of fused-ring (bicyclic) bond motifs is 6. The lowest BCUT2D eigenvalue weighted by Crippen LogP contribution is -2.54. The highest BCUT2D eigenvalue weighted by atomic mass is 16.5. The number of nitrogens with one attached hydrogen (secondary N) is 3. The second kappa shape index (κ2) is 15.9. The number of hydrogen-bond acceptors (Lipinski definition) is 8. The molecule has 6 heterocycles. The third-order valence-electron chi connectivity index (χ3n) is 13.2. The lowest BCUT2D eigenvalue weighted by atomic mass is 9.85. The first-order valence-electron chi connectivity index (χ1n) is 21.7. The number of rotatable bonds is 8. The van der Waals surface area contributed by atoms with Gasteiger partial charge in [-0.15, -0.1) is 0 Å². The van der Waals surface area contributed by atoms with Crippen LogP contribution < -0.4 is 10.1 Å². The van der Waals surface area contributed by atoms with Gasteiger partial charge in [-0.1, -0.05) is 39.0 Å². The number of alkyl carbamates (subject to hydrolysis) is 1. The van der Waals surface area contributed by atoms with E-state index in [2.05, 4.69) is 85.4 Å². The van der Waals surface area contributed by atoms with Crippen molar-refractivity contribution in [3.8, 4) is 28.1 Å². The fourth-order valence-corrected chi connectivity index (χ4v) is 10.4. The maximum Gasteiger partial charge on any atom is 0.407 e. The van der Waals surface area contributed by atoms with Gasteiger partial charge in [-0.25, -0.2) is 14.8 Å². The molecule has 13 heteroatoms. The maximum absolute atomic E-state index is 14.5. The van der Waals surface area contributed by atoms with Crippen molar-refractivity contribution >= 4 is 39.7 Å². The average molecular weight is 816 g/mol. The number of amides is 3. The minimum atomic E-state index is -0.734. The SMILES string of the molecule is COC(=O)N[C@H](C(=O)N1C[C@@H](C)C[C@H]1c1nc2c(ccc3cc4c(cc32)OCc2cc(-c3cnc([C@@H]5CC[C@H](C)N5C(=O)CC(C)C)[nH]3)ccc2-4)[nH]1)C1C[C@@H](C)O[C@H](C)C1. The van der Waals surface area contributed by atoms with E-state index in [9.17, 15) is 14.4 Å². The summed E-state index contributed by atoms with van der Waals surface area (Å²) in [6, 6.07) is 14.0. The minimum Gasteiger partial charge on any atom is -0.488 e. The first-order chi connectivity index (χ1) is 28.8. The summed E-state index contributed by atoms with van der Waals surface area (Å²) in [5.74, 6) is 2.92. The highest BCUT2D eigenvalue weighted by molar-refractivity contribution is 6.07. The molecule has 7 atom stereocenters. The van der Waals surface area contributed by atoms with Crippen molar-refractivity contribution in [1.82, 2.24) is 35.1 Å². The molecular weight excluding hydrogens is 759 g/mol. The van der Waals surface area contributed by atoms with Crippen LogP contribution >= 0.6 is 0 Å². The number of likely N-dealkylation sites (tertiary alicyclic amines) is 2. The van der Waals surface area contributed by atoms with E-state index in [0.29, 0.717) is 38.3 Å². The first kappa shape index (κ1) is 40.0. The Kier molecular flexibility index (Phi) is 10.6. The Bertz CT molecular complexity index is 2450. The number of aromatic nitrogens is 4. The van der Waals surface area contributed by atoms with Crippen molar-refractivity contribution in [1.29, 1.82) is 0 Å². The molecule has 5 aromatic rings. The van der Waals surface area contributed by atoms with E-state index in [-0.39, 0.29) is 54.0 Å². The van der Waals surface area contributed by atoms with Crippen LogP contribution in [0.4, 0.5) is 4.79 Å². The van der Waals surface area contributed by atoms with E-state index >= 15 is 0 Å². The molecule has 0 unspecified atom stereocenters. The van der Waals surface area contributed by atoms with E-state index in [1.807, 2.05) is 29.8 Å². The Morgan fingerprint density at radius 2 is 1.73 bits per heavy atom. The van der Waals surface area contributed by atoms with Crippen molar-refractivity contribution in [3.63, 3.8) is 0 Å². The molecule has 4 aliphatic heterocycles. The molecule has 0 bridgehead atoms. The van der Waals surface area contributed by atoms with Gasteiger partial charge in [0.05, 0.1) is 54.3 Å². The molecule has 3 aromatic carbocycles. The first-order valence-corrected chi connectivity index (χ1v) is 21.7. The minimum absolute atomic E-state index is 0.0203. The van der Waals surface area contributed by atoms with E-state index in [0.717, 1.165) is 86.4 Å². The number of aromatic amines is 2. The van der Waals surface area contributed by atoms with Gasteiger partial charge in [0, 0.05) is 30.0 Å². The zero-order valence-corrected chi connectivity index (χ0v) is 35.7. The van der Waals surface area contributed by atoms with E-state index in [4.69, 9.17) is 24.2 Å². The van der Waals surface area contributed by atoms with E-state index < -0.39 is 12.1 Å². The third-order valence-corrected chi connectivity index (χ3v) is 13.2. The molecule has 4 aliphatic rings. The summed E-state index contributed by atoms with van der Waals surface area (Å²) in [7, 11) is 1.32. The van der Waals surface area contributed by atoms with Crippen molar-refractivity contribution in [2.45, 2.75) is 123 Å². The smallest absolute Gasteiger partial charge is 0.407 e. The summed E-state index contributed by atoms with van der Waals surface area (Å²) in [6.07, 6.45) is 5.72. The lowest BCUT2D eigenvalue weighted by Gasteiger charge is -2.38. The number of ether oxygens (including phenoxy) is 3. The van der Waals surface area contributed by atoms with Gasteiger partial charge in [-0.3, -0.25) is 9.59 Å². The third kappa shape index (κ3) is 7.39. The number of H-pyrrole nitrogens is 2. The average Bonchev–Trinajstić information content (AvgIpc) is 4.03. The van der Waals surface area contributed by atoms with E-state index in [1.54, 1.807) is 0 Å². The van der Waals surface area contributed by atoms with Crippen molar-refractivity contribution in [2.75, 3.05) is 13.7 Å². The molecule has 2 aromatic heterocycles. The zero-order valence-electron chi connectivity index (χ0n) is 35.7. The molecule has 9 rings (SSSR count). The normalized spacial score (nSPS) is 25.6. The Labute approximate surface area is 350 Å². The Hall–Kier alpha value is -5.43. The van der Waals surface area contributed by atoms with Gasteiger partial charge in [0.2, 0.25) is 11.8 Å². The molecule has 13 nitrogen and oxygen atoms in total. The molecule has 316 valence electrons. The quantitative estimate of drug-likeness (QED) is 0.141. The van der Waals surface area contributed by atoms with Crippen LogP contribution in [0.25, 0.3) is 44.2 Å². The summed E-state index contributed by atoms with van der Waals surface area (Å²) in [5.41, 5.74) is 6.90. The van der Waals surface area contributed by atoms with Crippen LogP contribution in [0.1, 0.15) is 109 Å². The summed E-state index contributed by atoms with van der Waals surface area (Å²) < 4.78 is 17.4. The van der Waals surface area contributed by atoms with Crippen LogP contribution in [0.3, 0.4) is 0 Å². The molecule has 60 heavy (non-hydrogen) atoms. The molecular formula is C47H57N7O6. The second-order valence-electron chi connectivity index (χ2n) is 18.3. The number of methoxy groups -OCH3 is 1. The molecule has 0 aliphatic carbocycles. The number of benzene rings is 3.